The first-order valence-electron chi connectivity index (χ1n) is 8.91. The van der Waals surface area contributed by atoms with Crippen LogP contribution >= 0.6 is 23.1 Å². The van der Waals surface area contributed by atoms with Gasteiger partial charge in [0.15, 0.2) is 0 Å². The van der Waals surface area contributed by atoms with Crippen LogP contribution in [0.15, 0.2) is 53.6 Å². The van der Waals surface area contributed by atoms with Crippen molar-refractivity contribution in [3.63, 3.8) is 0 Å². The van der Waals surface area contributed by atoms with Crippen LogP contribution in [0.1, 0.15) is 11.1 Å². The number of amides is 1. The summed E-state index contributed by atoms with van der Waals surface area (Å²) in [6, 6.07) is 13.2. The molecule has 1 amide bonds. The van der Waals surface area contributed by atoms with Gasteiger partial charge < -0.3 is 5.32 Å². The molecule has 0 aliphatic rings. The third-order valence-corrected chi connectivity index (χ3v) is 5.86. The van der Waals surface area contributed by atoms with Crippen LogP contribution in [0.3, 0.4) is 0 Å². The number of nitrogens with one attached hydrogen (secondary N) is 1. The highest BCUT2D eigenvalue weighted by molar-refractivity contribution is 7.13. The summed E-state index contributed by atoms with van der Waals surface area (Å²) in [6.07, 6.45) is 1.39. The zero-order valence-electron chi connectivity index (χ0n) is 15.8. The summed E-state index contributed by atoms with van der Waals surface area (Å²) in [6.45, 7) is 3.68. The Morgan fingerprint density at radius 1 is 1.17 bits per heavy atom. The zero-order valence-corrected chi connectivity index (χ0v) is 17.3. The van der Waals surface area contributed by atoms with Crippen molar-refractivity contribution in [1.29, 1.82) is 0 Å². The molecule has 0 saturated heterocycles. The molecule has 4 aromatic rings. The van der Waals surface area contributed by atoms with Crippen molar-refractivity contribution in [2.45, 2.75) is 20.4 Å². The third kappa shape index (κ3) is 3.79. The van der Waals surface area contributed by atoms with Gasteiger partial charge in [0.25, 0.3) is 5.56 Å². The minimum Gasteiger partial charge on any atom is -0.324 e. The molecule has 0 atom stereocenters. The predicted octanol–water partition coefficient (Wildman–Crippen LogP) is 4.43. The van der Waals surface area contributed by atoms with Crippen LogP contribution < -0.4 is 10.9 Å². The van der Waals surface area contributed by atoms with Crippen molar-refractivity contribution in [2.75, 3.05) is 5.32 Å². The maximum absolute atomic E-state index is 12.8. The number of aryl methyl sites for hydroxylation is 1. The lowest BCUT2D eigenvalue weighted by Gasteiger charge is -2.10. The standard InChI is InChI=1S/C21H17ClN4O2S/c1-12-6-8-14(9-7-12)18-19-20(29-25-18)21(28)26(11-23-19)10-17(27)24-16-5-3-4-15(22)13(16)2/h3-9,11H,10H2,1-2H3,(H,24,27). The van der Waals surface area contributed by atoms with Crippen molar-refractivity contribution in [3.8, 4) is 11.3 Å². The molecule has 2 heterocycles. The van der Waals surface area contributed by atoms with Crippen molar-refractivity contribution < 1.29 is 4.79 Å². The van der Waals surface area contributed by atoms with Gasteiger partial charge in [0.05, 0.1) is 6.33 Å². The Kier molecular flexibility index (Phi) is 5.17. The van der Waals surface area contributed by atoms with Gasteiger partial charge in [0, 0.05) is 16.3 Å². The van der Waals surface area contributed by atoms with E-state index in [1.165, 1.54) is 10.9 Å². The van der Waals surface area contributed by atoms with Crippen LogP contribution in [0.2, 0.25) is 5.02 Å². The average molecular weight is 425 g/mol. The second-order valence-corrected chi connectivity index (χ2v) is 7.89. The summed E-state index contributed by atoms with van der Waals surface area (Å²) < 4.78 is 6.13. The monoisotopic (exact) mass is 424 g/mol. The van der Waals surface area contributed by atoms with Crippen LogP contribution in [0, 0.1) is 13.8 Å². The molecule has 1 N–H and O–H groups in total. The zero-order chi connectivity index (χ0) is 20.5. The lowest BCUT2D eigenvalue weighted by atomic mass is 10.1. The second kappa shape index (κ2) is 7.77. The van der Waals surface area contributed by atoms with Gasteiger partial charge in [-0.1, -0.05) is 47.5 Å². The molecule has 0 spiro atoms. The third-order valence-electron chi connectivity index (χ3n) is 4.63. The van der Waals surface area contributed by atoms with E-state index in [2.05, 4.69) is 14.7 Å². The smallest absolute Gasteiger partial charge is 0.273 e. The highest BCUT2D eigenvalue weighted by Gasteiger charge is 2.16. The molecule has 0 radical (unpaired) electrons. The molecular formula is C21H17ClN4O2S. The molecule has 146 valence electrons. The summed E-state index contributed by atoms with van der Waals surface area (Å²) in [7, 11) is 0. The van der Waals surface area contributed by atoms with Crippen molar-refractivity contribution in [2.24, 2.45) is 0 Å². The molecule has 0 saturated carbocycles. The Balaban J connectivity index is 1.61. The number of anilines is 1. The van der Waals surface area contributed by atoms with Crippen LogP contribution in [0.5, 0.6) is 0 Å². The van der Waals surface area contributed by atoms with E-state index in [0.717, 1.165) is 28.2 Å². The number of nitrogens with zero attached hydrogens (tertiary/aromatic N) is 3. The fourth-order valence-electron chi connectivity index (χ4n) is 2.96. The molecule has 0 fully saturated rings. The van der Waals surface area contributed by atoms with Gasteiger partial charge in [-0.15, -0.1) is 0 Å². The number of carbonyl (C=O) groups excluding carboxylic acids is 1. The number of fused-ring (bicyclic) bond motifs is 1. The molecule has 2 aromatic carbocycles. The van der Waals surface area contributed by atoms with E-state index in [4.69, 9.17) is 11.6 Å². The van der Waals surface area contributed by atoms with Gasteiger partial charge in [-0.25, -0.2) is 4.98 Å². The van der Waals surface area contributed by atoms with Gasteiger partial charge >= 0.3 is 0 Å². The Labute approximate surface area is 176 Å². The molecule has 0 aliphatic carbocycles. The van der Waals surface area contributed by atoms with Crippen LogP contribution in [-0.2, 0) is 11.3 Å². The molecule has 4 rings (SSSR count). The molecule has 0 unspecified atom stereocenters. The SMILES string of the molecule is Cc1ccc(-c2nsc3c(=O)n(CC(=O)Nc4cccc(Cl)c4C)cnc23)cc1. The normalized spacial score (nSPS) is 11.0. The van der Waals surface area contributed by atoms with Crippen molar-refractivity contribution >= 4 is 44.9 Å². The van der Waals surface area contributed by atoms with Crippen molar-refractivity contribution in [1.82, 2.24) is 13.9 Å². The lowest BCUT2D eigenvalue weighted by Crippen LogP contribution is -2.27. The highest BCUT2D eigenvalue weighted by Crippen LogP contribution is 2.27. The maximum atomic E-state index is 12.8. The van der Waals surface area contributed by atoms with Gasteiger partial charge in [0.1, 0.15) is 22.5 Å². The van der Waals surface area contributed by atoms with E-state index >= 15 is 0 Å². The number of hydrogen-bond acceptors (Lipinski definition) is 5. The summed E-state index contributed by atoms with van der Waals surface area (Å²) in [5.41, 5.74) is 4.37. The molecule has 0 bridgehead atoms. The van der Waals surface area contributed by atoms with Gasteiger partial charge in [0.2, 0.25) is 5.91 Å². The minimum absolute atomic E-state index is 0.147. The Bertz CT molecular complexity index is 1280. The number of benzene rings is 2. The fourth-order valence-corrected chi connectivity index (χ4v) is 3.94. The van der Waals surface area contributed by atoms with E-state index in [1.807, 2.05) is 38.1 Å². The molecule has 2 aromatic heterocycles. The first-order chi connectivity index (χ1) is 13.9. The molecule has 29 heavy (non-hydrogen) atoms. The van der Waals surface area contributed by atoms with E-state index < -0.39 is 0 Å². The van der Waals surface area contributed by atoms with Gasteiger partial charge in [-0.2, -0.15) is 4.37 Å². The maximum Gasteiger partial charge on any atom is 0.273 e. The molecule has 6 nitrogen and oxygen atoms in total. The lowest BCUT2D eigenvalue weighted by molar-refractivity contribution is -0.116. The predicted molar refractivity (Wildman–Crippen MR) is 117 cm³/mol. The number of carbonyl (C=O) groups is 1. The number of halogens is 1. The van der Waals surface area contributed by atoms with Gasteiger partial charge in [-0.05, 0) is 43.1 Å². The second-order valence-electron chi connectivity index (χ2n) is 6.71. The number of hydrogen-bond donors (Lipinski definition) is 1. The molecular weight excluding hydrogens is 408 g/mol. The fraction of sp³-hybridized carbons (Fsp3) is 0.143. The first kappa shape index (κ1) is 19.3. The first-order valence-corrected chi connectivity index (χ1v) is 10.1. The Hall–Kier alpha value is -3.03. The quantitative estimate of drug-likeness (QED) is 0.525. The van der Waals surface area contributed by atoms with Crippen molar-refractivity contribution in [3.05, 3.63) is 75.3 Å². The number of aromatic nitrogens is 3. The van der Waals surface area contributed by atoms with E-state index in [1.54, 1.807) is 18.2 Å². The Morgan fingerprint density at radius 2 is 1.93 bits per heavy atom. The summed E-state index contributed by atoms with van der Waals surface area (Å²) in [5.74, 6) is -0.332. The molecule has 0 aliphatic heterocycles. The summed E-state index contributed by atoms with van der Waals surface area (Å²) in [4.78, 5) is 29.7. The van der Waals surface area contributed by atoms with E-state index in [-0.39, 0.29) is 18.0 Å². The van der Waals surface area contributed by atoms with E-state index in [9.17, 15) is 9.59 Å². The van der Waals surface area contributed by atoms with Crippen LogP contribution in [-0.4, -0.2) is 19.8 Å². The topological polar surface area (TPSA) is 76.9 Å². The average Bonchev–Trinajstić information content (AvgIpc) is 3.13. The number of rotatable bonds is 4. The van der Waals surface area contributed by atoms with Crippen LogP contribution in [0.4, 0.5) is 5.69 Å². The van der Waals surface area contributed by atoms with Gasteiger partial charge in [-0.3, -0.25) is 14.2 Å². The summed E-state index contributed by atoms with van der Waals surface area (Å²) >= 11 is 7.18. The Morgan fingerprint density at radius 3 is 2.69 bits per heavy atom. The minimum atomic E-state index is -0.332. The largest absolute Gasteiger partial charge is 0.324 e. The molecule has 8 heteroatoms. The van der Waals surface area contributed by atoms with Crippen LogP contribution in [0.25, 0.3) is 21.5 Å². The van der Waals surface area contributed by atoms with E-state index in [0.29, 0.717) is 26.6 Å². The highest BCUT2D eigenvalue weighted by atomic mass is 35.5. The summed E-state index contributed by atoms with van der Waals surface area (Å²) in [5, 5.41) is 3.35.